The molecule has 1 aliphatic heterocycles. The van der Waals surface area contributed by atoms with Crippen LogP contribution in [0.2, 0.25) is 0 Å². The quantitative estimate of drug-likeness (QED) is 0.848. The first kappa shape index (κ1) is 17.7. The van der Waals surface area contributed by atoms with Crippen molar-refractivity contribution in [3.8, 4) is 0 Å². The summed E-state index contributed by atoms with van der Waals surface area (Å²) in [4.78, 5) is 28.0. The molecule has 4 aliphatic carbocycles. The van der Waals surface area contributed by atoms with Gasteiger partial charge in [0.05, 0.1) is 4.88 Å². The molecule has 0 atom stereocenters. The van der Waals surface area contributed by atoms with Crippen molar-refractivity contribution in [2.75, 3.05) is 13.1 Å². The normalized spacial score (nSPS) is 35.4. The molecule has 6 rings (SSSR count). The Balaban J connectivity index is 1.12. The van der Waals surface area contributed by atoms with E-state index in [4.69, 9.17) is 0 Å². The molecular weight excluding hydrogens is 356 g/mol. The molecule has 0 unspecified atom stereocenters. The fourth-order valence-corrected chi connectivity index (χ4v) is 7.60. The van der Waals surface area contributed by atoms with Crippen LogP contribution in [0.4, 0.5) is 0 Å². The minimum absolute atomic E-state index is 0.142. The van der Waals surface area contributed by atoms with Gasteiger partial charge in [-0.15, -0.1) is 11.3 Å². The number of hydrogen-bond donors (Lipinski definition) is 1. The Morgan fingerprint density at radius 1 is 1.07 bits per heavy atom. The van der Waals surface area contributed by atoms with E-state index in [0.717, 1.165) is 55.0 Å². The highest BCUT2D eigenvalue weighted by atomic mass is 32.1. The zero-order valence-corrected chi connectivity index (χ0v) is 16.8. The summed E-state index contributed by atoms with van der Waals surface area (Å²) in [6.07, 6.45) is 10.7. The van der Waals surface area contributed by atoms with Crippen LogP contribution in [0.1, 0.15) is 67.5 Å². The predicted molar refractivity (Wildman–Crippen MR) is 107 cm³/mol. The van der Waals surface area contributed by atoms with Gasteiger partial charge in [-0.3, -0.25) is 9.59 Å². The van der Waals surface area contributed by atoms with Gasteiger partial charge in [-0.1, -0.05) is 6.07 Å². The van der Waals surface area contributed by atoms with Crippen molar-refractivity contribution in [2.45, 2.75) is 63.8 Å². The molecule has 2 amide bonds. The number of hydrogen-bond acceptors (Lipinski definition) is 3. The van der Waals surface area contributed by atoms with Crippen molar-refractivity contribution >= 4 is 23.2 Å². The van der Waals surface area contributed by atoms with Crippen LogP contribution in [0, 0.1) is 23.2 Å². The van der Waals surface area contributed by atoms with Gasteiger partial charge in [-0.25, -0.2) is 0 Å². The van der Waals surface area contributed by atoms with Gasteiger partial charge in [0, 0.05) is 25.6 Å². The molecule has 2 heterocycles. The molecule has 1 aromatic heterocycles. The largest absolute Gasteiger partial charge is 0.353 e. The maximum absolute atomic E-state index is 12.8. The predicted octanol–water partition coefficient (Wildman–Crippen LogP) is 4.08. The van der Waals surface area contributed by atoms with Crippen molar-refractivity contribution in [3.05, 3.63) is 22.4 Å². The number of amides is 2. The highest BCUT2D eigenvalue weighted by Crippen LogP contribution is 2.61. The number of piperidine rings is 1. The molecule has 4 saturated carbocycles. The Labute approximate surface area is 165 Å². The highest BCUT2D eigenvalue weighted by molar-refractivity contribution is 7.12. The maximum atomic E-state index is 12.8. The number of likely N-dealkylation sites (tertiary alicyclic amines) is 1. The Hall–Kier alpha value is -1.36. The minimum Gasteiger partial charge on any atom is -0.353 e. The molecule has 5 heteroatoms. The van der Waals surface area contributed by atoms with Gasteiger partial charge in [0.25, 0.3) is 5.91 Å². The van der Waals surface area contributed by atoms with Crippen LogP contribution >= 0.6 is 11.3 Å². The Kier molecular flexibility index (Phi) is 4.53. The second kappa shape index (κ2) is 6.91. The summed E-state index contributed by atoms with van der Waals surface area (Å²) in [5, 5.41) is 5.26. The van der Waals surface area contributed by atoms with E-state index in [0.29, 0.717) is 5.41 Å². The molecule has 4 nitrogen and oxygen atoms in total. The lowest BCUT2D eigenvalue weighted by molar-refractivity contribution is -0.130. The third-order valence-corrected chi connectivity index (χ3v) is 8.44. The topological polar surface area (TPSA) is 49.4 Å². The standard InChI is InChI=1S/C22H30N2O2S/c25-20(14-22-11-15-8-16(12-22)10-17(9-15)13-22)23-18-3-5-24(6-4-18)21(26)19-2-1-7-27-19/h1-2,7,15-18H,3-6,8-14H2,(H,23,25). The third-order valence-electron chi connectivity index (χ3n) is 7.58. The first-order valence-electron chi connectivity index (χ1n) is 10.7. The van der Waals surface area contributed by atoms with Crippen molar-refractivity contribution in [3.63, 3.8) is 0 Å². The zero-order chi connectivity index (χ0) is 18.4. The number of nitrogens with one attached hydrogen (secondary N) is 1. The van der Waals surface area contributed by atoms with E-state index < -0.39 is 0 Å². The van der Waals surface area contributed by atoms with Crippen molar-refractivity contribution in [1.29, 1.82) is 0 Å². The summed E-state index contributed by atoms with van der Waals surface area (Å²) in [7, 11) is 0. The smallest absolute Gasteiger partial charge is 0.263 e. The van der Waals surface area contributed by atoms with Crippen LogP contribution in [0.5, 0.6) is 0 Å². The molecular formula is C22H30N2O2S. The number of carbonyl (C=O) groups is 2. The van der Waals surface area contributed by atoms with E-state index in [1.54, 1.807) is 0 Å². The van der Waals surface area contributed by atoms with E-state index in [1.165, 1.54) is 49.9 Å². The SMILES string of the molecule is O=C(CC12CC3CC(CC(C3)C1)C2)NC1CCN(C(=O)c2cccs2)CC1. The Bertz CT molecular complexity index is 671. The van der Waals surface area contributed by atoms with Gasteiger partial charge in [-0.05, 0) is 86.0 Å². The summed E-state index contributed by atoms with van der Waals surface area (Å²) in [6, 6.07) is 4.06. The lowest BCUT2D eigenvalue weighted by Gasteiger charge is -2.56. The summed E-state index contributed by atoms with van der Waals surface area (Å²) in [5.74, 6) is 3.10. The van der Waals surface area contributed by atoms with Gasteiger partial charge in [0.2, 0.25) is 5.91 Å². The number of rotatable bonds is 4. The van der Waals surface area contributed by atoms with E-state index in [1.807, 2.05) is 22.4 Å². The molecule has 0 radical (unpaired) electrons. The Morgan fingerprint density at radius 2 is 1.70 bits per heavy atom. The molecule has 27 heavy (non-hydrogen) atoms. The molecule has 1 saturated heterocycles. The molecule has 4 bridgehead atoms. The average molecular weight is 387 g/mol. The highest BCUT2D eigenvalue weighted by Gasteiger charge is 2.51. The third kappa shape index (κ3) is 3.55. The van der Waals surface area contributed by atoms with Crippen LogP contribution < -0.4 is 5.32 Å². The second-order valence-electron chi connectivity index (χ2n) is 9.71. The number of carbonyl (C=O) groups excluding carboxylic acids is 2. The summed E-state index contributed by atoms with van der Waals surface area (Å²) in [6.45, 7) is 1.50. The number of nitrogens with zero attached hydrogens (tertiary/aromatic N) is 1. The van der Waals surface area contributed by atoms with E-state index in [2.05, 4.69) is 5.32 Å². The van der Waals surface area contributed by atoms with Gasteiger partial charge in [0.1, 0.15) is 0 Å². The molecule has 0 spiro atoms. The molecule has 0 aromatic carbocycles. The molecule has 5 aliphatic rings. The fourth-order valence-electron chi connectivity index (χ4n) is 6.91. The van der Waals surface area contributed by atoms with Crippen molar-refractivity contribution < 1.29 is 9.59 Å². The molecule has 1 N–H and O–H groups in total. The number of thiophene rings is 1. The van der Waals surface area contributed by atoms with Crippen molar-refractivity contribution in [2.24, 2.45) is 23.2 Å². The first-order chi connectivity index (χ1) is 13.1. The first-order valence-corrected chi connectivity index (χ1v) is 11.6. The molecule has 146 valence electrons. The lowest BCUT2D eigenvalue weighted by Crippen LogP contribution is -2.50. The molecule has 1 aromatic rings. The zero-order valence-electron chi connectivity index (χ0n) is 16.0. The van der Waals surface area contributed by atoms with Gasteiger partial charge in [-0.2, -0.15) is 0 Å². The summed E-state index contributed by atoms with van der Waals surface area (Å²) >= 11 is 1.51. The van der Waals surface area contributed by atoms with Gasteiger partial charge >= 0.3 is 0 Å². The monoisotopic (exact) mass is 386 g/mol. The lowest BCUT2D eigenvalue weighted by atomic mass is 9.49. The van der Waals surface area contributed by atoms with Crippen LogP contribution in [0.25, 0.3) is 0 Å². The van der Waals surface area contributed by atoms with Crippen LogP contribution in [0.15, 0.2) is 17.5 Å². The molecule has 5 fully saturated rings. The summed E-state index contributed by atoms with van der Waals surface area (Å²) in [5.41, 5.74) is 0.314. The van der Waals surface area contributed by atoms with E-state index >= 15 is 0 Å². The van der Waals surface area contributed by atoms with Crippen molar-refractivity contribution in [1.82, 2.24) is 10.2 Å². The van der Waals surface area contributed by atoms with E-state index in [-0.39, 0.29) is 17.9 Å². The van der Waals surface area contributed by atoms with Crippen LogP contribution in [-0.2, 0) is 4.79 Å². The summed E-state index contributed by atoms with van der Waals surface area (Å²) < 4.78 is 0. The van der Waals surface area contributed by atoms with Gasteiger partial charge in [0.15, 0.2) is 0 Å². The Morgan fingerprint density at radius 3 is 2.26 bits per heavy atom. The van der Waals surface area contributed by atoms with E-state index in [9.17, 15) is 9.59 Å². The van der Waals surface area contributed by atoms with Crippen LogP contribution in [0.3, 0.4) is 0 Å². The van der Waals surface area contributed by atoms with Crippen LogP contribution in [-0.4, -0.2) is 35.8 Å². The minimum atomic E-state index is 0.142. The van der Waals surface area contributed by atoms with Gasteiger partial charge < -0.3 is 10.2 Å². The second-order valence-corrected chi connectivity index (χ2v) is 10.7. The fraction of sp³-hybridized carbons (Fsp3) is 0.727. The average Bonchev–Trinajstić information content (AvgIpc) is 3.14. The maximum Gasteiger partial charge on any atom is 0.263 e.